The minimum Gasteiger partial charge on any atom is -0.338 e. The smallest absolute Gasteiger partial charge is 0.249 e. The molecule has 1 aliphatic heterocycles. The van der Waals surface area contributed by atoms with Gasteiger partial charge in [0, 0.05) is 31.8 Å². The van der Waals surface area contributed by atoms with E-state index >= 15 is 0 Å². The normalized spacial score (nSPS) is 16.3. The summed E-state index contributed by atoms with van der Waals surface area (Å²) in [6.07, 6.45) is 0.378. The molecule has 0 aromatic carbocycles. The molecule has 1 fully saturated rings. The van der Waals surface area contributed by atoms with Gasteiger partial charge in [0.2, 0.25) is 5.91 Å². The van der Waals surface area contributed by atoms with Gasteiger partial charge >= 0.3 is 0 Å². The summed E-state index contributed by atoms with van der Waals surface area (Å²) in [5.41, 5.74) is 2.00. The number of hydrogen-bond donors (Lipinski definition) is 1. The molecule has 1 heterocycles. The molecule has 0 aromatic rings. The van der Waals surface area contributed by atoms with Gasteiger partial charge in [0.25, 0.3) is 0 Å². The molecule has 15 heavy (non-hydrogen) atoms. The Balaban J connectivity index is 2.64. The van der Waals surface area contributed by atoms with Crippen LogP contribution in [0.5, 0.6) is 0 Å². The molecule has 4 heteroatoms. The molecule has 82 valence electrons. The first-order valence-corrected chi connectivity index (χ1v) is 5.11. The highest BCUT2D eigenvalue weighted by Gasteiger charge is 2.21. The van der Waals surface area contributed by atoms with Crippen molar-refractivity contribution in [3.8, 4) is 6.07 Å². The van der Waals surface area contributed by atoms with E-state index in [0.717, 1.165) is 18.7 Å². The van der Waals surface area contributed by atoms with Crippen molar-refractivity contribution in [2.24, 2.45) is 0 Å². The molecular formula is C11H17N3O. The van der Waals surface area contributed by atoms with E-state index < -0.39 is 0 Å². The molecule has 1 saturated heterocycles. The molecule has 1 N–H and O–H groups in total. The van der Waals surface area contributed by atoms with E-state index in [1.54, 1.807) is 11.9 Å². The standard InChI is InChI=1S/C11H17N3O/c1-8(4-5-12)14(3)11(15)9(2)10-6-13-7-10/h8,13H,4,6-7H2,1-3H3. The lowest BCUT2D eigenvalue weighted by atomic mass is 10.0. The molecule has 1 rings (SSSR count). The third-order valence-electron chi connectivity index (χ3n) is 2.90. The van der Waals surface area contributed by atoms with E-state index in [2.05, 4.69) is 11.4 Å². The summed E-state index contributed by atoms with van der Waals surface area (Å²) < 4.78 is 0. The van der Waals surface area contributed by atoms with Gasteiger partial charge < -0.3 is 10.2 Å². The van der Waals surface area contributed by atoms with Gasteiger partial charge in [-0.25, -0.2) is 0 Å². The minimum atomic E-state index is -0.0221. The molecule has 1 unspecified atom stereocenters. The highest BCUT2D eigenvalue weighted by atomic mass is 16.2. The Hall–Kier alpha value is -1.34. The third-order valence-corrected chi connectivity index (χ3v) is 2.90. The van der Waals surface area contributed by atoms with Crippen molar-refractivity contribution in [2.45, 2.75) is 26.3 Å². The largest absolute Gasteiger partial charge is 0.338 e. The Morgan fingerprint density at radius 3 is 2.67 bits per heavy atom. The fraction of sp³-hybridized carbons (Fsp3) is 0.636. The van der Waals surface area contributed by atoms with E-state index in [4.69, 9.17) is 5.26 Å². The first-order chi connectivity index (χ1) is 7.07. The lowest BCUT2D eigenvalue weighted by molar-refractivity contribution is -0.127. The Morgan fingerprint density at radius 1 is 1.67 bits per heavy atom. The van der Waals surface area contributed by atoms with Crippen LogP contribution in [0.3, 0.4) is 0 Å². The fourth-order valence-corrected chi connectivity index (χ4v) is 1.40. The van der Waals surface area contributed by atoms with Crippen molar-refractivity contribution in [2.75, 3.05) is 20.1 Å². The Bertz CT molecular complexity index is 321. The van der Waals surface area contributed by atoms with Gasteiger partial charge in [0.05, 0.1) is 12.5 Å². The summed E-state index contributed by atoms with van der Waals surface area (Å²) in [4.78, 5) is 13.6. The molecule has 4 nitrogen and oxygen atoms in total. The predicted molar refractivity (Wildman–Crippen MR) is 58.0 cm³/mol. The first-order valence-electron chi connectivity index (χ1n) is 5.11. The Labute approximate surface area is 90.6 Å². The molecule has 1 amide bonds. The molecule has 0 spiro atoms. The van der Waals surface area contributed by atoms with Crippen LogP contribution in [0.15, 0.2) is 11.1 Å². The molecule has 0 aromatic heterocycles. The predicted octanol–water partition coefficient (Wildman–Crippen LogP) is 0.667. The van der Waals surface area contributed by atoms with Crippen molar-refractivity contribution < 1.29 is 4.79 Å². The van der Waals surface area contributed by atoms with Crippen molar-refractivity contribution in [3.05, 3.63) is 11.1 Å². The zero-order valence-corrected chi connectivity index (χ0v) is 9.50. The van der Waals surface area contributed by atoms with E-state index in [0.29, 0.717) is 6.42 Å². The first kappa shape index (κ1) is 11.7. The van der Waals surface area contributed by atoms with Gasteiger partial charge in [-0.3, -0.25) is 4.79 Å². The van der Waals surface area contributed by atoms with Crippen LogP contribution in [0.2, 0.25) is 0 Å². The number of hydrogen-bond acceptors (Lipinski definition) is 3. The lowest BCUT2D eigenvalue weighted by Gasteiger charge is -2.27. The number of likely N-dealkylation sites (N-methyl/N-ethyl adjacent to an activating group) is 1. The average Bonchev–Trinajstić information content (AvgIpc) is 2.13. The molecule has 0 aliphatic carbocycles. The van der Waals surface area contributed by atoms with E-state index in [1.807, 2.05) is 13.8 Å². The lowest BCUT2D eigenvalue weighted by Crippen LogP contribution is -2.40. The van der Waals surface area contributed by atoms with Crippen molar-refractivity contribution in [1.82, 2.24) is 10.2 Å². The molecule has 1 atom stereocenters. The SMILES string of the molecule is CC(C(=O)N(C)C(C)CC#N)=C1CNC1. The number of rotatable bonds is 3. The number of nitrogens with one attached hydrogen (secondary N) is 1. The average molecular weight is 207 g/mol. The third kappa shape index (κ3) is 2.57. The van der Waals surface area contributed by atoms with Crippen LogP contribution in [0.25, 0.3) is 0 Å². The van der Waals surface area contributed by atoms with Gasteiger partial charge in [-0.15, -0.1) is 0 Å². The second-order valence-corrected chi connectivity index (χ2v) is 3.96. The maximum absolute atomic E-state index is 11.9. The van der Waals surface area contributed by atoms with Crippen molar-refractivity contribution in [3.63, 3.8) is 0 Å². The van der Waals surface area contributed by atoms with Gasteiger partial charge in [0.15, 0.2) is 0 Å². The summed E-state index contributed by atoms with van der Waals surface area (Å²) in [5.74, 6) is 0.0363. The number of carbonyl (C=O) groups excluding carboxylic acids is 1. The quantitative estimate of drug-likeness (QED) is 0.692. The van der Waals surface area contributed by atoms with E-state index in [-0.39, 0.29) is 11.9 Å². The van der Waals surface area contributed by atoms with Crippen LogP contribution < -0.4 is 5.32 Å². The van der Waals surface area contributed by atoms with Crippen LogP contribution in [0.4, 0.5) is 0 Å². The van der Waals surface area contributed by atoms with Gasteiger partial charge in [-0.2, -0.15) is 5.26 Å². The zero-order valence-electron chi connectivity index (χ0n) is 9.50. The number of nitrogens with zero attached hydrogens (tertiary/aromatic N) is 2. The monoisotopic (exact) mass is 207 g/mol. The summed E-state index contributed by atoms with van der Waals surface area (Å²) in [7, 11) is 1.75. The van der Waals surface area contributed by atoms with Crippen LogP contribution in [0.1, 0.15) is 20.3 Å². The van der Waals surface area contributed by atoms with Crippen LogP contribution in [0, 0.1) is 11.3 Å². The second-order valence-electron chi connectivity index (χ2n) is 3.96. The van der Waals surface area contributed by atoms with Gasteiger partial charge in [-0.05, 0) is 19.4 Å². The molecular weight excluding hydrogens is 190 g/mol. The van der Waals surface area contributed by atoms with Crippen molar-refractivity contribution >= 4 is 5.91 Å². The molecule has 1 aliphatic rings. The highest BCUT2D eigenvalue weighted by molar-refractivity contribution is 5.94. The number of carbonyl (C=O) groups is 1. The highest BCUT2D eigenvalue weighted by Crippen LogP contribution is 2.13. The van der Waals surface area contributed by atoms with Gasteiger partial charge in [-0.1, -0.05) is 0 Å². The second kappa shape index (κ2) is 4.94. The van der Waals surface area contributed by atoms with Gasteiger partial charge in [0.1, 0.15) is 0 Å². The number of amides is 1. The summed E-state index contributed by atoms with van der Waals surface area (Å²) in [6, 6.07) is 2.05. The zero-order chi connectivity index (χ0) is 11.4. The van der Waals surface area contributed by atoms with Crippen LogP contribution in [-0.4, -0.2) is 37.0 Å². The Morgan fingerprint density at radius 2 is 2.27 bits per heavy atom. The van der Waals surface area contributed by atoms with E-state index in [9.17, 15) is 4.79 Å². The maximum Gasteiger partial charge on any atom is 0.249 e. The summed E-state index contributed by atoms with van der Waals surface area (Å²) in [5, 5.41) is 11.7. The van der Waals surface area contributed by atoms with Crippen LogP contribution in [-0.2, 0) is 4.79 Å². The van der Waals surface area contributed by atoms with Crippen LogP contribution >= 0.6 is 0 Å². The topological polar surface area (TPSA) is 56.1 Å². The minimum absolute atomic E-state index is 0.0221. The van der Waals surface area contributed by atoms with Crippen molar-refractivity contribution in [1.29, 1.82) is 5.26 Å². The Kier molecular flexibility index (Phi) is 3.87. The fourth-order valence-electron chi connectivity index (χ4n) is 1.40. The maximum atomic E-state index is 11.9. The summed E-state index contributed by atoms with van der Waals surface area (Å²) >= 11 is 0. The summed E-state index contributed by atoms with van der Waals surface area (Å²) in [6.45, 7) is 5.38. The van der Waals surface area contributed by atoms with E-state index in [1.165, 1.54) is 5.57 Å². The number of nitriles is 1. The molecule has 0 radical (unpaired) electrons. The molecule has 0 saturated carbocycles. The molecule has 0 bridgehead atoms.